The largest absolute Gasteiger partial charge is 0.497 e. The van der Waals surface area contributed by atoms with Crippen LogP contribution < -0.4 is 9.47 Å². The van der Waals surface area contributed by atoms with Crippen LogP contribution in [0.4, 0.5) is 0 Å². The summed E-state index contributed by atoms with van der Waals surface area (Å²) in [7, 11) is 1.66. The molecule has 2 rings (SSSR count). The molecule has 2 nitrogen and oxygen atoms in total. The molecule has 0 N–H and O–H groups in total. The van der Waals surface area contributed by atoms with Crippen molar-refractivity contribution in [2.75, 3.05) is 7.11 Å². The molecule has 0 bridgehead atoms. The van der Waals surface area contributed by atoms with Crippen molar-refractivity contribution < 1.29 is 9.47 Å². The minimum Gasteiger partial charge on any atom is -0.497 e. The second-order valence-electron chi connectivity index (χ2n) is 4.01. The van der Waals surface area contributed by atoms with E-state index in [-0.39, 0.29) is 0 Å². The van der Waals surface area contributed by atoms with Gasteiger partial charge in [0.05, 0.1) is 7.11 Å². The Kier molecular flexibility index (Phi) is 4.26. The summed E-state index contributed by atoms with van der Waals surface area (Å²) in [5, 5.41) is 0.856. The van der Waals surface area contributed by atoms with Crippen molar-refractivity contribution in [3.63, 3.8) is 0 Å². The molecule has 0 saturated carbocycles. The van der Waals surface area contributed by atoms with Gasteiger partial charge in [0.2, 0.25) is 0 Å². The Labute approximate surface area is 116 Å². The average Bonchev–Trinajstić information content (AvgIpc) is 2.42. The van der Waals surface area contributed by atoms with Crippen molar-refractivity contribution in [2.24, 2.45) is 0 Å². The van der Waals surface area contributed by atoms with Crippen LogP contribution in [-0.4, -0.2) is 7.11 Å². The zero-order chi connectivity index (χ0) is 13.0. The number of hydrogen-bond acceptors (Lipinski definition) is 2. The maximum absolute atomic E-state index is 5.84. The van der Waals surface area contributed by atoms with Crippen LogP contribution in [-0.2, 0) is 5.33 Å². The lowest BCUT2D eigenvalue weighted by molar-refractivity contribution is 0.412. The second kappa shape index (κ2) is 5.91. The van der Waals surface area contributed by atoms with Crippen molar-refractivity contribution in [3.05, 3.63) is 53.6 Å². The standard InChI is InChI=1S/C15H15BrO2/c1-11-9-14(17-2)7-8-15(11)18-13-5-3-12(10-16)4-6-13/h3-9H,10H2,1-2H3. The smallest absolute Gasteiger partial charge is 0.130 e. The van der Waals surface area contributed by atoms with Crippen molar-refractivity contribution in [3.8, 4) is 17.2 Å². The van der Waals surface area contributed by atoms with Crippen molar-refractivity contribution in [1.82, 2.24) is 0 Å². The van der Waals surface area contributed by atoms with E-state index in [1.54, 1.807) is 7.11 Å². The Morgan fingerprint density at radius 1 is 1.00 bits per heavy atom. The van der Waals surface area contributed by atoms with Crippen LogP contribution in [0.1, 0.15) is 11.1 Å². The molecule has 0 atom stereocenters. The summed E-state index contributed by atoms with van der Waals surface area (Å²) in [6.45, 7) is 2.00. The minimum atomic E-state index is 0.841. The van der Waals surface area contributed by atoms with E-state index in [9.17, 15) is 0 Å². The number of halogens is 1. The van der Waals surface area contributed by atoms with Gasteiger partial charge in [0.25, 0.3) is 0 Å². The number of hydrogen-bond donors (Lipinski definition) is 0. The average molecular weight is 307 g/mol. The molecule has 0 aliphatic rings. The third-order valence-electron chi connectivity index (χ3n) is 2.69. The van der Waals surface area contributed by atoms with E-state index in [0.717, 1.165) is 28.1 Å². The first kappa shape index (κ1) is 13.0. The van der Waals surface area contributed by atoms with Gasteiger partial charge in [-0.2, -0.15) is 0 Å². The molecular formula is C15H15BrO2. The Bertz CT molecular complexity index is 521. The zero-order valence-corrected chi connectivity index (χ0v) is 12.0. The van der Waals surface area contributed by atoms with Gasteiger partial charge in [-0.1, -0.05) is 28.1 Å². The summed E-state index contributed by atoms with van der Waals surface area (Å²) in [5.74, 6) is 2.53. The SMILES string of the molecule is COc1ccc(Oc2ccc(CBr)cc2)c(C)c1. The summed E-state index contributed by atoms with van der Waals surface area (Å²) < 4.78 is 11.0. The molecule has 2 aromatic rings. The van der Waals surface area contributed by atoms with Gasteiger partial charge in [-0.25, -0.2) is 0 Å². The Morgan fingerprint density at radius 2 is 1.67 bits per heavy atom. The fraction of sp³-hybridized carbons (Fsp3) is 0.200. The van der Waals surface area contributed by atoms with Crippen LogP contribution in [0.25, 0.3) is 0 Å². The first-order valence-electron chi connectivity index (χ1n) is 5.70. The van der Waals surface area contributed by atoms with Gasteiger partial charge >= 0.3 is 0 Å². The van der Waals surface area contributed by atoms with Gasteiger partial charge in [0.1, 0.15) is 17.2 Å². The van der Waals surface area contributed by atoms with Crippen LogP contribution in [0.5, 0.6) is 17.2 Å². The van der Waals surface area contributed by atoms with Gasteiger partial charge < -0.3 is 9.47 Å². The van der Waals surface area contributed by atoms with Crippen molar-refractivity contribution >= 4 is 15.9 Å². The Hall–Kier alpha value is -1.48. The fourth-order valence-electron chi connectivity index (χ4n) is 1.64. The highest BCUT2D eigenvalue weighted by Gasteiger charge is 2.03. The molecule has 0 saturated heterocycles. The lowest BCUT2D eigenvalue weighted by atomic mass is 10.2. The molecule has 0 amide bonds. The highest BCUT2D eigenvalue weighted by molar-refractivity contribution is 9.08. The summed E-state index contributed by atoms with van der Waals surface area (Å²) in [4.78, 5) is 0. The molecule has 0 heterocycles. The summed E-state index contributed by atoms with van der Waals surface area (Å²) in [6, 6.07) is 13.8. The minimum absolute atomic E-state index is 0.841. The van der Waals surface area contributed by atoms with E-state index >= 15 is 0 Å². The van der Waals surface area contributed by atoms with E-state index in [2.05, 4.69) is 15.9 Å². The number of benzene rings is 2. The highest BCUT2D eigenvalue weighted by atomic mass is 79.9. The Morgan fingerprint density at radius 3 is 2.22 bits per heavy atom. The topological polar surface area (TPSA) is 18.5 Å². The van der Waals surface area contributed by atoms with Gasteiger partial charge in [-0.15, -0.1) is 0 Å². The molecule has 0 aliphatic carbocycles. The van der Waals surface area contributed by atoms with E-state index in [0.29, 0.717) is 0 Å². The number of rotatable bonds is 4. The van der Waals surface area contributed by atoms with Crippen LogP contribution >= 0.6 is 15.9 Å². The van der Waals surface area contributed by atoms with Gasteiger partial charge in [-0.05, 0) is 48.4 Å². The number of methoxy groups -OCH3 is 1. The first-order valence-corrected chi connectivity index (χ1v) is 6.82. The van der Waals surface area contributed by atoms with Crippen LogP contribution in [0.3, 0.4) is 0 Å². The van der Waals surface area contributed by atoms with Crippen LogP contribution in [0.2, 0.25) is 0 Å². The third-order valence-corrected chi connectivity index (χ3v) is 3.34. The Balaban J connectivity index is 2.17. The molecule has 0 unspecified atom stereocenters. The van der Waals surface area contributed by atoms with E-state index in [1.165, 1.54) is 5.56 Å². The van der Waals surface area contributed by atoms with Gasteiger partial charge in [-0.3, -0.25) is 0 Å². The number of alkyl halides is 1. The summed E-state index contributed by atoms with van der Waals surface area (Å²) in [6.07, 6.45) is 0. The van der Waals surface area contributed by atoms with Crippen LogP contribution in [0.15, 0.2) is 42.5 Å². The predicted octanol–water partition coefficient (Wildman–Crippen LogP) is 4.69. The second-order valence-corrected chi connectivity index (χ2v) is 4.57. The van der Waals surface area contributed by atoms with Crippen molar-refractivity contribution in [1.29, 1.82) is 0 Å². The van der Waals surface area contributed by atoms with Crippen molar-refractivity contribution in [2.45, 2.75) is 12.3 Å². The molecule has 0 fully saturated rings. The monoisotopic (exact) mass is 306 g/mol. The predicted molar refractivity (Wildman–Crippen MR) is 76.9 cm³/mol. The van der Waals surface area contributed by atoms with E-state index in [1.807, 2.05) is 49.4 Å². The fourth-order valence-corrected chi connectivity index (χ4v) is 2.01. The third kappa shape index (κ3) is 3.05. The maximum atomic E-state index is 5.84. The molecule has 94 valence electrons. The lowest BCUT2D eigenvalue weighted by Crippen LogP contribution is -1.89. The molecule has 18 heavy (non-hydrogen) atoms. The maximum Gasteiger partial charge on any atom is 0.130 e. The van der Waals surface area contributed by atoms with Gasteiger partial charge in [0.15, 0.2) is 0 Å². The molecular weight excluding hydrogens is 292 g/mol. The molecule has 2 aromatic carbocycles. The highest BCUT2D eigenvalue weighted by Crippen LogP contribution is 2.28. The van der Waals surface area contributed by atoms with E-state index in [4.69, 9.17) is 9.47 Å². The molecule has 0 aliphatic heterocycles. The van der Waals surface area contributed by atoms with Gasteiger partial charge in [0, 0.05) is 5.33 Å². The van der Waals surface area contributed by atoms with E-state index < -0.39 is 0 Å². The normalized spacial score (nSPS) is 10.2. The van der Waals surface area contributed by atoms with Crippen LogP contribution in [0, 0.1) is 6.92 Å². The molecule has 0 radical (unpaired) electrons. The summed E-state index contributed by atoms with van der Waals surface area (Å²) in [5.41, 5.74) is 2.28. The number of ether oxygens (including phenoxy) is 2. The lowest BCUT2D eigenvalue weighted by Gasteiger charge is -2.10. The molecule has 0 spiro atoms. The first-order chi connectivity index (χ1) is 8.72. The summed E-state index contributed by atoms with van der Waals surface area (Å²) >= 11 is 3.42. The zero-order valence-electron chi connectivity index (χ0n) is 10.4. The molecule has 3 heteroatoms. The molecule has 0 aromatic heterocycles. The number of aryl methyl sites for hydroxylation is 1. The quantitative estimate of drug-likeness (QED) is 0.763.